The molecule has 0 aliphatic carbocycles. The molecule has 0 saturated carbocycles. The monoisotopic (exact) mass is 195 g/mol. The molecule has 0 fully saturated rings. The van der Waals surface area contributed by atoms with Gasteiger partial charge in [-0.05, 0) is 6.07 Å². The van der Waals surface area contributed by atoms with Gasteiger partial charge in [-0.15, -0.1) is 0 Å². The number of nitrogens with zero attached hydrogens (tertiary/aromatic N) is 1. The molecule has 0 unspecified atom stereocenters. The van der Waals surface area contributed by atoms with E-state index < -0.39 is 0 Å². The minimum absolute atomic E-state index is 0.377. The van der Waals surface area contributed by atoms with Crippen molar-refractivity contribution in [3.8, 4) is 11.8 Å². The first-order valence-electron chi connectivity index (χ1n) is 3.84. The maximum atomic E-state index is 5.65. The Morgan fingerprint density at radius 3 is 2.92 bits per heavy atom. The van der Waals surface area contributed by atoms with Crippen molar-refractivity contribution in [2.45, 2.75) is 6.42 Å². The smallest absolute Gasteiger partial charge is 0.131 e. The molecule has 0 radical (unpaired) electrons. The number of nitrogen functional groups attached to an aromatic ring is 1. The van der Waals surface area contributed by atoms with Crippen molar-refractivity contribution in [3.05, 3.63) is 23.0 Å². The molecule has 1 rings (SSSR count). The Morgan fingerprint density at radius 2 is 2.31 bits per heavy atom. The number of nitrogens with two attached hydrogens (primary N) is 2. The van der Waals surface area contributed by atoms with Gasteiger partial charge in [0.05, 0.1) is 11.3 Å². The summed E-state index contributed by atoms with van der Waals surface area (Å²) >= 11 is 5.62. The maximum Gasteiger partial charge on any atom is 0.131 e. The lowest BCUT2D eigenvalue weighted by Crippen LogP contribution is -1.96. The summed E-state index contributed by atoms with van der Waals surface area (Å²) in [5, 5.41) is 0.377. The molecule has 13 heavy (non-hydrogen) atoms. The maximum absolute atomic E-state index is 5.65. The highest BCUT2D eigenvalue weighted by molar-refractivity contribution is 6.29. The molecular formula is C9H10ClN3. The Morgan fingerprint density at radius 1 is 1.54 bits per heavy atom. The number of rotatable bonds is 1. The van der Waals surface area contributed by atoms with E-state index in [0.29, 0.717) is 29.4 Å². The Bertz CT molecular complexity index is 352. The average molecular weight is 196 g/mol. The van der Waals surface area contributed by atoms with Crippen molar-refractivity contribution in [2.24, 2.45) is 5.73 Å². The highest BCUT2D eigenvalue weighted by Gasteiger charge is 1.96. The zero-order valence-electron chi connectivity index (χ0n) is 7.05. The largest absolute Gasteiger partial charge is 0.398 e. The van der Waals surface area contributed by atoms with Gasteiger partial charge in [0.1, 0.15) is 5.15 Å². The van der Waals surface area contributed by atoms with Crippen LogP contribution in [0.25, 0.3) is 0 Å². The second-order valence-corrected chi connectivity index (χ2v) is 2.82. The minimum atomic E-state index is 0.377. The van der Waals surface area contributed by atoms with Crippen LogP contribution < -0.4 is 11.5 Å². The molecule has 1 heterocycles. The molecule has 4 heteroatoms. The van der Waals surface area contributed by atoms with Gasteiger partial charge in [0, 0.05) is 19.2 Å². The summed E-state index contributed by atoms with van der Waals surface area (Å²) in [4.78, 5) is 3.87. The summed E-state index contributed by atoms with van der Waals surface area (Å²) < 4.78 is 0. The Labute approximate surface area is 82.1 Å². The predicted octanol–water partition coefficient (Wildman–Crippen LogP) is 1.02. The van der Waals surface area contributed by atoms with Gasteiger partial charge in [-0.3, -0.25) is 0 Å². The Hall–Kier alpha value is -1.24. The molecule has 0 aliphatic rings. The van der Waals surface area contributed by atoms with E-state index in [9.17, 15) is 0 Å². The molecule has 3 nitrogen and oxygen atoms in total. The molecule has 0 saturated heterocycles. The molecule has 68 valence electrons. The molecule has 4 N–H and O–H groups in total. The molecule has 1 aromatic rings. The lowest BCUT2D eigenvalue weighted by atomic mass is 10.2. The fourth-order valence-corrected chi connectivity index (χ4v) is 0.945. The number of hydrogen-bond acceptors (Lipinski definition) is 3. The van der Waals surface area contributed by atoms with Crippen molar-refractivity contribution >= 4 is 17.3 Å². The van der Waals surface area contributed by atoms with Crippen LogP contribution in [0.1, 0.15) is 12.0 Å². The molecule has 0 aliphatic heterocycles. The Balaban J connectivity index is 2.85. The number of aromatic nitrogens is 1. The van der Waals surface area contributed by atoms with E-state index in [0.717, 1.165) is 0 Å². The van der Waals surface area contributed by atoms with Crippen LogP contribution in [0.15, 0.2) is 12.3 Å². The zero-order valence-corrected chi connectivity index (χ0v) is 7.80. The van der Waals surface area contributed by atoms with Crippen LogP contribution in [0.3, 0.4) is 0 Å². The lowest BCUT2D eigenvalue weighted by Gasteiger charge is -1.96. The van der Waals surface area contributed by atoms with Crippen LogP contribution in [0.5, 0.6) is 0 Å². The van der Waals surface area contributed by atoms with Crippen LogP contribution in [0.4, 0.5) is 5.69 Å². The van der Waals surface area contributed by atoms with Crippen LogP contribution >= 0.6 is 11.6 Å². The fourth-order valence-electron chi connectivity index (χ4n) is 0.778. The topological polar surface area (TPSA) is 64.9 Å². The summed E-state index contributed by atoms with van der Waals surface area (Å²) in [6, 6.07) is 1.58. The zero-order chi connectivity index (χ0) is 9.68. The first-order chi connectivity index (χ1) is 6.24. The molecular weight excluding hydrogens is 186 g/mol. The molecule has 0 spiro atoms. The van der Waals surface area contributed by atoms with Crippen molar-refractivity contribution in [2.75, 3.05) is 12.3 Å². The fraction of sp³-hybridized carbons (Fsp3) is 0.222. The normalized spacial score (nSPS) is 9.08. The summed E-state index contributed by atoms with van der Waals surface area (Å²) in [7, 11) is 0. The van der Waals surface area contributed by atoms with Gasteiger partial charge >= 0.3 is 0 Å². The van der Waals surface area contributed by atoms with Gasteiger partial charge in [-0.1, -0.05) is 23.4 Å². The standard InChI is InChI=1S/C9H10ClN3/c10-9-5-8(12)7(6-13-9)3-1-2-4-11/h5-6H,2,4,11H2,(H2,12,13). The van der Waals surface area contributed by atoms with E-state index in [-0.39, 0.29) is 0 Å². The summed E-state index contributed by atoms with van der Waals surface area (Å²) in [5.41, 5.74) is 12.2. The van der Waals surface area contributed by atoms with Crippen LogP contribution in [-0.4, -0.2) is 11.5 Å². The van der Waals surface area contributed by atoms with E-state index in [2.05, 4.69) is 16.8 Å². The second-order valence-electron chi connectivity index (χ2n) is 2.43. The highest BCUT2D eigenvalue weighted by Crippen LogP contribution is 2.13. The second kappa shape index (κ2) is 4.70. The van der Waals surface area contributed by atoms with Crippen molar-refractivity contribution in [1.82, 2.24) is 4.98 Å². The van der Waals surface area contributed by atoms with Crippen LogP contribution in [-0.2, 0) is 0 Å². The van der Waals surface area contributed by atoms with Crippen LogP contribution in [0, 0.1) is 11.8 Å². The quantitative estimate of drug-likeness (QED) is 0.520. The van der Waals surface area contributed by atoms with Crippen molar-refractivity contribution < 1.29 is 0 Å². The summed E-state index contributed by atoms with van der Waals surface area (Å²) in [6.07, 6.45) is 2.21. The molecule has 0 atom stereocenters. The van der Waals surface area contributed by atoms with Crippen LogP contribution in [0.2, 0.25) is 5.15 Å². The van der Waals surface area contributed by atoms with Crippen molar-refractivity contribution in [3.63, 3.8) is 0 Å². The number of hydrogen-bond donors (Lipinski definition) is 2. The van der Waals surface area contributed by atoms with Gasteiger partial charge in [-0.2, -0.15) is 0 Å². The van der Waals surface area contributed by atoms with E-state index in [1.54, 1.807) is 12.3 Å². The molecule has 0 bridgehead atoms. The first-order valence-corrected chi connectivity index (χ1v) is 4.22. The van der Waals surface area contributed by atoms with E-state index >= 15 is 0 Å². The van der Waals surface area contributed by atoms with Gasteiger partial charge in [-0.25, -0.2) is 4.98 Å². The number of halogens is 1. The lowest BCUT2D eigenvalue weighted by molar-refractivity contribution is 1.03. The SMILES string of the molecule is NCCC#Cc1cnc(Cl)cc1N. The van der Waals surface area contributed by atoms with Gasteiger partial charge in [0.2, 0.25) is 0 Å². The predicted molar refractivity (Wildman–Crippen MR) is 54.2 cm³/mol. The van der Waals surface area contributed by atoms with E-state index in [1.807, 2.05) is 0 Å². The van der Waals surface area contributed by atoms with Crippen molar-refractivity contribution in [1.29, 1.82) is 0 Å². The number of anilines is 1. The summed E-state index contributed by atoms with van der Waals surface area (Å²) in [5.74, 6) is 5.74. The van der Waals surface area contributed by atoms with Gasteiger partial charge < -0.3 is 11.5 Å². The van der Waals surface area contributed by atoms with Gasteiger partial charge in [0.15, 0.2) is 0 Å². The third kappa shape index (κ3) is 2.94. The highest BCUT2D eigenvalue weighted by atomic mass is 35.5. The molecule has 0 aromatic carbocycles. The first kappa shape index (κ1) is 9.85. The third-order valence-corrected chi connectivity index (χ3v) is 1.60. The Kier molecular flexibility index (Phi) is 3.56. The molecule has 1 aromatic heterocycles. The number of pyridine rings is 1. The minimum Gasteiger partial charge on any atom is -0.398 e. The average Bonchev–Trinajstić information content (AvgIpc) is 2.09. The van der Waals surface area contributed by atoms with E-state index in [1.165, 1.54) is 0 Å². The third-order valence-electron chi connectivity index (χ3n) is 1.39. The van der Waals surface area contributed by atoms with E-state index in [4.69, 9.17) is 23.1 Å². The molecule has 0 amide bonds. The van der Waals surface area contributed by atoms with Gasteiger partial charge in [0.25, 0.3) is 0 Å². The summed E-state index contributed by atoms with van der Waals surface area (Å²) in [6.45, 7) is 0.550.